The molecule has 0 saturated heterocycles. The van der Waals surface area contributed by atoms with Crippen LogP contribution in [0.3, 0.4) is 0 Å². The van der Waals surface area contributed by atoms with E-state index in [1.165, 1.54) is 12.3 Å². The summed E-state index contributed by atoms with van der Waals surface area (Å²) < 4.78 is 16.6. The van der Waals surface area contributed by atoms with Crippen LogP contribution in [0, 0.1) is 0 Å². The van der Waals surface area contributed by atoms with Gasteiger partial charge in [0.25, 0.3) is 5.91 Å². The number of carbonyl (C=O) groups excluding carboxylic acids is 2. The van der Waals surface area contributed by atoms with Crippen molar-refractivity contribution in [2.45, 2.75) is 32.8 Å². The van der Waals surface area contributed by atoms with Crippen LogP contribution in [-0.4, -0.2) is 30.8 Å². The van der Waals surface area contributed by atoms with Gasteiger partial charge < -0.3 is 14.2 Å². The Morgan fingerprint density at radius 2 is 1.69 bits per heavy atom. The first-order valence-electron chi connectivity index (χ1n) is 11.4. The number of hydrogen-bond acceptors (Lipinski definition) is 6. The van der Waals surface area contributed by atoms with E-state index in [1.807, 2.05) is 0 Å². The quantitative estimate of drug-likeness (QED) is 0.103. The van der Waals surface area contributed by atoms with Crippen LogP contribution in [0.4, 0.5) is 0 Å². The summed E-state index contributed by atoms with van der Waals surface area (Å²) in [5.41, 5.74) is 3.52. The molecule has 0 spiro atoms. The van der Waals surface area contributed by atoms with Crippen molar-refractivity contribution in [1.29, 1.82) is 0 Å². The fourth-order valence-corrected chi connectivity index (χ4v) is 3.34. The molecule has 1 atom stereocenters. The van der Waals surface area contributed by atoms with Gasteiger partial charge in [0, 0.05) is 5.02 Å². The molecule has 0 aliphatic rings. The van der Waals surface area contributed by atoms with Crippen molar-refractivity contribution < 1.29 is 23.8 Å². The number of rotatable bonds is 11. The van der Waals surface area contributed by atoms with Gasteiger partial charge >= 0.3 is 5.97 Å². The normalized spacial score (nSPS) is 11.7. The van der Waals surface area contributed by atoms with Crippen LogP contribution >= 0.6 is 23.2 Å². The molecule has 0 radical (unpaired) electrons. The Hall–Kier alpha value is -3.55. The van der Waals surface area contributed by atoms with E-state index >= 15 is 0 Å². The minimum atomic E-state index is -0.834. The summed E-state index contributed by atoms with van der Waals surface area (Å²) in [6, 6.07) is 18.2. The van der Waals surface area contributed by atoms with E-state index in [-0.39, 0.29) is 0 Å². The number of hydrogen-bond donors (Lipinski definition) is 1. The molecule has 1 amide bonds. The van der Waals surface area contributed by atoms with Gasteiger partial charge in [-0.25, -0.2) is 10.2 Å². The smallest absolute Gasteiger partial charge is 0.343 e. The van der Waals surface area contributed by atoms with Crippen LogP contribution in [0.2, 0.25) is 10.0 Å². The minimum absolute atomic E-state index is 0.305. The number of benzene rings is 3. The van der Waals surface area contributed by atoms with Crippen molar-refractivity contribution in [3.63, 3.8) is 0 Å². The number of unbranched alkanes of at least 4 members (excludes halogenated alkanes) is 1. The van der Waals surface area contributed by atoms with E-state index in [2.05, 4.69) is 17.5 Å². The molecule has 3 rings (SSSR count). The number of ether oxygens (including phenoxy) is 3. The highest BCUT2D eigenvalue weighted by Crippen LogP contribution is 2.28. The summed E-state index contributed by atoms with van der Waals surface area (Å²) >= 11 is 11.9. The highest BCUT2D eigenvalue weighted by Gasteiger charge is 2.16. The van der Waals surface area contributed by atoms with Gasteiger partial charge in [-0.2, -0.15) is 5.10 Å². The molecule has 0 aromatic heterocycles. The van der Waals surface area contributed by atoms with Crippen molar-refractivity contribution in [3.8, 4) is 17.2 Å². The first-order chi connectivity index (χ1) is 17.4. The summed E-state index contributed by atoms with van der Waals surface area (Å²) in [6.07, 6.45) is 2.66. The first-order valence-corrected chi connectivity index (χ1v) is 12.1. The monoisotopic (exact) mass is 528 g/mol. The van der Waals surface area contributed by atoms with Gasteiger partial charge in [0.1, 0.15) is 17.2 Å². The number of nitrogens with one attached hydrogen (secondary N) is 1. The van der Waals surface area contributed by atoms with Gasteiger partial charge in [0.2, 0.25) is 0 Å². The largest absolute Gasteiger partial charge is 0.494 e. The zero-order valence-corrected chi connectivity index (χ0v) is 21.4. The molecular weight excluding hydrogens is 503 g/mol. The Labute approximate surface area is 220 Å². The van der Waals surface area contributed by atoms with Gasteiger partial charge in [0.05, 0.1) is 23.4 Å². The van der Waals surface area contributed by atoms with Crippen molar-refractivity contribution in [3.05, 3.63) is 87.9 Å². The fourth-order valence-electron chi connectivity index (χ4n) is 2.89. The molecule has 0 unspecified atom stereocenters. The Morgan fingerprint density at radius 3 is 2.36 bits per heavy atom. The highest BCUT2D eigenvalue weighted by atomic mass is 35.5. The third kappa shape index (κ3) is 8.29. The zero-order chi connectivity index (χ0) is 25.9. The van der Waals surface area contributed by atoms with E-state index in [0.29, 0.717) is 45.0 Å². The highest BCUT2D eigenvalue weighted by molar-refractivity contribution is 6.35. The summed E-state index contributed by atoms with van der Waals surface area (Å²) in [5, 5.41) is 4.71. The summed E-state index contributed by atoms with van der Waals surface area (Å²) in [5.74, 6) is 0.508. The van der Waals surface area contributed by atoms with Gasteiger partial charge in [-0.05, 0) is 85.6 Å². The van der Waals surface area contributed by atoms with E-state index < -0.39 is 18.0 Å². The van der Waals surface area contributed by atoms with Crippen LogP contribution in [0.25, 0.3) is 0 Å². The van der Waals surface area contributed by atoms with Crippen LogP contribution in [0.1, 0.15) is 42.6 Å². The zero-order valence-electron chi connectivity index (χ0n) is 19.9. The Kier molecular flexibility index (Phi) is 10.2. The molecule has 0 aliphatic carbocycles. The van der Waals surface area contributed by atoms with Gasteiger partial charge in [-0.15, -0.1) is 0 Å². The van der Waals surface area contributed by atoms with Crippen molar-refractivity contribution in [1.82, 2.24) is 5.43 Å². The van der Waals surface area contributed by atoms with Crippen LogP contribution in [-0.2, 0) is 4.79 Å². The predicted octanol–water partition coefficient (Wildman–Crippen LogP) is 6.31. The van der Waals surface area contributed by atoms with Crippen molar-refractivity contribution >= 4 is 41.3 Å². The average molecular weight is 529 g/mol. The Balaban J connectivity index is 1.47. The van der Waals surface area contributed by atoms with E-state index in [0.717, 1.165) is 12.8 Å². The molecule has 188 valence electrons. The summed E-state index contributed by atoms with van der Waals surface area (Å²) in [7, 11) is 0. The molecule has 0 bridgehead atoms. The summed E-state index contributed by atoms with van der Waals surface area (Å²) in [6.45, 7) is 4.31. The lowest BCUT2D eigenvalue weighted by Gasteiger charge is -2.14. The average Bonchev–Trinajstić information content (AvgIpc) is 2.87. The molecule has 1 N–H and O–H groups in total. The third-order valence-electron chi connectivity index (χ3n) is 4.90. The van der Waals surface area contributed by atoms with Gasteiger partial charge in [-0.3, -0.25) is 4.79 Å². The maximum Gasteiger partial charge on any atom is 0.343 e. The van der Waals surface area contributed by atoms with Gasteiger partial charge in [-0.1, -0.05) is 36.5 Å². The standard InChI is InChI=1S/C27H26Cl2N2O5/c1-3-4-15-34-22-12-7-20(8-13-22)27(33)36-23-10-5-19(6-11-23)17-30-31-26(32)18(2)35-25-14-9-21(28)16-24(25)29/h5-14,16-18H,3-4,15H2,1-2H3,(H,31,32)/b30-17-/t18-/m0/s1. The van der Waals surface area contributed by atoms with Crippen LogP contribution < -0.4 is 19.6 Å². The predicted molar refractivity (Wildman–Crippen MR) is 141 cm³/mol. The number of nitrogens with zero attached hydrogens (tertiary/aromatic N) is 1. The molecule has 0 saturated carbocycles. The molecule has 3 aromatic rings. The number of esters is 1. The van der Waals surface area contributed by atoms with E-state index in [9.17, 15) is 9.59 Å². The number of carbonyl (C=O) groups is 2. The molecular formula is C27H26Cl2N2O5. The lowest BCUT2D eigenvalue weighted by atomic mass is 10.2. The molecule has 3 aromatic carbocycles. The second-order valence-corrected chi connectivity index (χ2v) is 8.60. The lowest BCUT2D eigenvalue weighted by Crippen LogP contribution is -2.33. The molecule has 0 heterocycles. The molecule has 0 fully saturated rings. The third-order valence-corrected chi connectivity index (χ3v) is 5.43. The van der Waals surface area contributed by atoms with E-state index in [4.69, 9.17) is 37.4 Å². The summed E-state index contributed by atoms with van der Waals surface area (Å²) in [4.78, 5) is 24.6. The number of halogens is 2. The lowest BCUT2D eigenvalue weighted by molar-refractivity contribution is -0.127. The SMILES string of the molecule is CCCCOc1ccc(C(=O)Oc2ccc(/C=N\NC(=O)[C@H](C)Oc3ccc(Cl)cc3Cl)cc2)cc1. The van der Waals surface area contributed by atoms with Crippen LogP contribution in [0.5, 0.6) is 17.2 Å². The topological polar surface area (TPSA) is 86.2 Å². The molecule has 7 nitrogen and oxygen atoms in total. The minimum Gasteiger partial charge on any atom is -0.494 e. The van der Waals surface area contributed by atoms with Crippen LogP contribution in [0.15, 0.2) is 71.8 Å². The van der Waals surface area contributed by atoms with Crippen molar-refractivity contribution in [2.24, 2.45) is 5.10 Å². The Morgan fingerprint density at radius 1 is 1.00 bits per heavy atom. The maximum atomic E-state index is 12.4. The molecule has 9 heteroatoms. The number of amides is 1. The second kappa shape index (κ2) is 13.5. The maximum absolute atomic E-state index is 12.4. The first kappa shape index (κ1) is 27.0. The Bertz CT molecular complexity index is 1200. The fraction of sp³-hybridized carbons (Fsp3) is 0.222. The van der Waals surface area contributed by atoms with Gasteiger partial charge in [0.15, 0.2) is 6.10 Å². The molecule has 0 aliphatic heterocycles. The molecule has 36 heavy (non-hydrogen) atoms. The van der Waals surface area contributed by atoms with E-state index in [1.54, 1.807) is 67.6 Å². The second-order valence-electron chi connectivity index (χ2n) is 7.75. The van der Waals surface area contributed by atoms with Crippen molar-refractivity contribution in [2.75, 3.05) is 6.61 Å². The number of hydrazone groups is 1.